The van der Waals surface area contributed by atoms with Gasteiger partial charge in [0.15, 0.2) is 0 Å². The summed E-state index contributed by atoms with van der Waals surface area (Å²) in [7, 11) is 0. The van der Waals surface area contributed by atoms with Crippen LogP contribution in [0.2, 0.25) is 0 Å². The fraction of sp³-hybridized carbons (Fsp3) is 0.500. The molecule has 3 rings (SSSR count). The molecule has 0 amide bonds. The molecular weight excluding hydrogens is 258 g/mol. The van der Waals surface area contributed by atoms with Crippen molar-refractivity contribution in [1.29, 1.82) is 0 Å². The molecule has 21 heavy (non-hydrogen) atoms. The summed E-state index contributed by atoms with van der Waals surface area (Å²) >= 11 is 0. The normalized spacial score (nSPS) is 16.0. The molecule has 1 saturated carbocycles. The summed E-state index contributed by atoms with van der Waals surface area (Å²) in [5.41, 5.74) is 3.54. The zero-order valence-electron chi connectivity index (χ0n) is 13.0. The van der Waals surface area contributed by atoms with Crippen LogP contribution in [0.4, 0.5) is 0 Å². The quantitative estimate of drug-likeness (QED) is 0.862. The highest BCUT2D eigenvalue weighted by molar-refractivity contribution is 5.62. The zero-order valence-corrected chi connectivity index (χ0v) is 13.0. The van der Waals surface area contributed by atoms with Gasteiger partial charge in [-0.15, -0.1) is 0 Å². The van der Waals surface area contributed by atoms with Gasteiger partial charge in [0.05, 0.1) is 12.2 Å². The number of benzene rings is 1. The van der Waals surface area contributed by atoms with E-state index in [1.54, 1.807) is 0 Å². The molecule has 112 valence electrons. The Hall–Kier alpha value is -1.61. The topological polar surface area (TPSA) is 40.7 Å². The largest absolute Gasteiger partial charge is 0.344 e. The van der Waals surface area contributed by atoms with Gasteiger partial charge in [-0.25, -0.2) is 4.98 Å². The molecule has 0 saturated heterocycles. The van der Waals surface area contributed by atoms with Gasteiger partial charge < -0.3 is 10.3 Å². The molecule has 0 radical (unpaired) electrons. The molecule has 0 bridgehead atoms. The van der Waals surface area contributed by atoms with Gasteiger partial charge in [-0.05, 0) is 18.8 Å². The lowest BCUT2D eigenvalue weighted by atomic mass is 10.0. The summed E-state index contributed by atoms with van der Waals surface area (Å²) < 4.78 is 0. The summed E-state index contributed by atoms with van der Waals surface area (Å²) in [6, 6.07) is 11.1. The van der Waals surface area contributed by atoms with E-state index in [4.69, 9.17) is 4.98 Å². The average molecular weight is 283 g/mol. The predicted molar refractivity (Wildman–Crippen MR) is 87.2 cm³/mol. The van der Waals surface area contributed by atoms with E-state index >= 15 is 0 Å². The minimum atomic E-state index is 0.452. The molecule has 2 N–H and O–H groups in total. The number of hydrogen-bond donors (Lipinski definition) is 2. The first-order chi connectivity index (χ1) is 10.2. The number of hydrogen-bond acceptors (Lipinski definition) is 2. The van der Waals surface area contributed by atoms with Crippen LogP contribution in [0.15, 0.2) is 30.3 Å². The van der Waals surface area contributed by atoms with E-state index in [-0.39, 0.29) is 0 Å². The minimum absolute atomic E-state index is 0.452. The summed E-state index contributed by atoms with van der Waals surface area (Å²) in [5, 5.41) is 3.64. The standard InChI is InChI=1S/C18H25N3/c1-13(2)17-18(14-8-4-3-5-9-14)21-16(20-17)12-19-15-10-6-7-11-15/h3-5,8-9,13,15,19H,6-7,10-12H2,1-2H3,(H,20,21). The van der Waals surface area contributed by atoms with Gasteiger partial charge in [0.25, 0.3) is 0 Å². The van der Waals surface area contributed by atoms with Crippen LogP contribution in [0.5, 0.6) is 0 Å². The van der Waals surface area contributed by atoms with E-state index in [0.717, 1.165) is 18.1 Å². The molecule has 3 heteroatoms. The molecule has 1 aromatic carbocycles. The maximum Gasteiger partial charge on any atom is 0.121 e. The Morgan fingerprint density at radius 2 is 1.90 bits per heavy atom. The van der Waals surface area contributed by atoms with E-state index in [9.17, 15) is 0 Å². The van der Waals surface area contributed by atoms with Gasteiger partial charge in [0.1, 0.15) is 5.82 Å². The van der Waals surface area contributed by atoms with Crippen LogP contribution in [0.1, 0.15) is 57.0 Å². The van der Waals surface area contributed by atoms with Crippen molar-refractivity contribution in [2.45, 2.75) is 58.0 Å². The summed E-state index contributed by atoms with van der Waals surface area (Å²) in [6.45, 7) is 5.28. The van der Waals surface area contributed by atoms with Crippen LogP contribution in [-0.4, -0.2) is 16.0 Å². The van der Waals surface area contributed by atoms with Crippen LogP contribution in [0, 0.1) is 0 Å². The lowest BCUT2D eigenvalue weighted by Crippen LogP contribution is -2.25. The molecule has 1 aromatic heterocycles. The highest BCUT2D eigenvalue weighted by Crippen LogP contribution is 2.27. The van der Waals surface area contributed by atoms with Crippen LogP contribution < -0.4 is 5.32 Å². The molecule has 1 fully saturated rings. The zero-order chi connectivity index (χ0) is 14.7. The second-order valence-corrected chi connectivity index (χ2v) is 6.33. The summed E-state index contributed by atoms with van der Waals surface area (Å²) in [6.07, 6.45) is 5.34. The van der Waals surface area contributed by atoms with Crippen molar-refractivity contribution in [2.24, 2.45) is 0 Å². The molecule has 2 aromatic rings. The number of rotatable bonds is 5. The lowest BCUT2D eigenvalue weighted by molar-refractivity contribution is 0.515. The molecule has 3 nitrogen and oxygen atoms in total. The van der Waals surface area contributed by atoms with Gasteiger partial charge in [-0.1, -0.05) is 57.0 Å². The smallest absolute Gasteiger partial charge is 0.121 e. The molecule has 0 spiro atoms. The van der Waals surface area contributed by atoms with E-state index in [2.05, 4.69) is 48.4 Å². The highest BCUT2D eigenvalue weighted by atomic mass is 15.0. The first-order valence-corrected chi connectivity index (χ1v) is 8.11. The minimum Gasteiger partial charge on any atom is -0.344 e. The second-order valence-electron chi connectivity index (χ2n) is 6.33. The number of nitrogens with zero attached hydrogens (tertiary/aromatic N) is 1. The van der Waals surface area contributed by atoms with Crippen molar-refractivity contribution in [3.05, 3.63) is 41.9 Å². The fourth-order valence-electron chi connectivity index (χ4n) is 3.13. The van der Waals surface area contributed by atoms with E-state index in [1.807, 2.05) is 6.07 Å². The number of H-pyrrole nitrogens is 1. The van der Waals surface area contributed by atoms with Crippen molar-refractivity contribution < 1.29 is 0 Å². The number of imidazole rings is 1. The summed E-state index contributed by atoms with van der Waals surface area (Å²) in [5.74, 6) is 1.51. The monoisotopic (exact) mass is 283 g/mol. The Morgan fingerprint density at radius 3 is 2.57 bits per heavy atom. The van der Waals surface area contributed by atoms with E-state index in [0.29, 0.717) is 12.0 Å². The van der Waals surface area contributed by atoms with Crippen molar-refractivity contribution in [1.82, 2.24) is 15.3 Å². The average Bonchev–Trinajstić information content (AvgIpc) is 3.15. The third-order valence-electron chi connectivity index (χ3n) is 4.32. The molecule has 1 aliphatic carbocycles. The Bertz CT molecular complexity index is 565. The molecular formula is C18H25N3. The lowest BCUT2D eigenvalue weighted by Gasteiger charge is -2.09. The molecule has 1 aliphatic rings. The van der Waals surface area contributed by atoms with Crippen LogP contribution in [0.3, 0.4) is 0 Å². The Kier molecular flexibility index (Phi) is 4.39. The first-order valence-electron chi connectivity index (χ1n) is 8.11. The van der Waals surface area contributed by atoms with Crippen LogP contribution in [0.25, 0.3) is 11.3 Å². The van der Waals surface area contributed by atoms with E-state index in [1.165, 1.54) is 36.9 Å². The van der Waals surface area contributed by atoms with Gasteiger partial charge in [0, 0.05) is 17.3 Å². The summed E-state index contributed by atoms with van der Waals surface area (Å²) in [4.78, 5) is 8.37. The maximum atomic E-state index is 4.84. The number of nitrogens with one attached hydrogen (secondary N) is 2. The highest BCUT2D eigenvalue weighted by Gasteiger charge is 2.17. The molecule has 1 heterocycles. The van der Waals surface area contributed by atoms with Gasteiger partial charge in [-0.3, -0.25) is 0 Å². The number of aromatic nitrogens is 2. The van der Waals surface area contributed by atoms with Crippen molar-refractivity contribution >= 4 is 0 Å². The van der Waals surface area contributed by atoms with Crippen molar-refractivity contribution in [3.8, 4) is 11.3 Å². The van der Waals surface area contributed by atoms with Crippen LogP contribution in [-0.2, 0) is 6.54 Å². The van der Waals surface area contributed by atoms with Crippen molar-refractivity contribution in [3.63, 3.8) is 0 Å². The Morgan fingerprint density at radius 1 is 1.19 bits per heavy atom. The second kappa shape index (κ2) is 6.44. The third-order valence-corrected chi connectivity index (χ3v) is 4.32. The molecule has 0 unspecified atom stereocenters. The Labute approximate surface area is 127 Å². The van der Waals surface area contributed by atoms with Gasteiger partial charge in [-0.2, -0.15) is 0 Å². The first kappa shape index (κ1) is 14.3. The van der Waals surface area contributed by atoms with Gasteiger partial charge in [0.2, 0.25) is 0 Å². The van der Waals surface area contributed by atoms with E-state index < -0.39 is 0 Å². The predicted octanol–water partition coefficient (Wildman–Crippen LogP) is 4.23. The molecule has 0 atom stereocenters. The van der Waals surface area contributed by atoms with Crippen molar-refractivity contribution in [2.75, 3.05) is 0 Å². The third kappa shape index (κ3) is 3.35. The van der Waals surface area contributed by atoms with Crippen LogP contribution >= 0.6 is 0 Å². The fourth-order valence-corrected chi connectivity index (χ4v) is 3.13. The SMILES string of the molecule is CC(C)c1[nH]c(CNC2CCCC2)nc1-c1ccccc1. The Balaban J connectivity index is 1.79. The van der Waals surface area contributed by atoms with Gasteiger partial charge >= 0.3 is 0 Å². The molecule has 0 aliphatic heterocycles. The number of aromatic amines is 1. The maximum absolute atomic E-state index is 4.84.